The Labute approximate surface area is 126 Å². The molecular formula is C18H36N2. The fraction of sp³-hybridized carbons (Fsp3) is 1.00. The van der Waals surface area contributed by atoms with E-state index in [1.807, 2.05) is 0 Å². The van der Waals surface area contributed by atoms with E-state index in [1.165, 1.54) is 64.5 Å². The first-order valence-corrected chi connectivity index (χ1v) is 9.02. The molecule has 0 aliphatic heterocycles. The lowest BCUT2D eigenvalue weighted by Crippen LogP contribution is -2.48. The van der Waals surface area contributed by atoms with Gasteiger partial charge in [0.25, 0.3) is 0 Å². The molecule has 0 heterocycles. The van der Waals surface area contributed by atoms with Gasteiger partial charge in [-0.3, -0.25) is 0 Å². The largest absolute Gasteiger partial charge is 0.313 e. The maximum atomic E-state index is 3.84. The zero-order valence-electron chi connectivity index (χ0n) is 14.3. The molecule has 0 aromatic rings. The summed E-state index contributed by atoms with van der Waals surface area (Å²) in [6.07, 6.45) is 11.1. The van der Waals surface area contributed by atoms with Gasteiger partial charge in [-0.2, -0.15) is 0 Å². The lowest BCUT2D eigenvalue weighted by atomic mass is 9.69. The van der Waals surface area contributed by atoms with Gasteiger partial charge < -0.3 is 10.2 Å². The molecule has 0 bridgehead atoms. The van der Waals surface area contributed by atoms with Gasteiger partial charge in [-0.05, 0) is 56.9 Å². The van der Waals surface area contributed by atoms with Crippen LogP contribution in [0.1, 0.15) is 72.1 Å². The van der Waals surface area contributed by atoms with Gasteiger partial charge in [-0.1, -0.05) is 33.6 Å². The van der Waals surface area contributed by atoms with Crippen LogP contribution in [0.25, 0.3) is 0 Å². The number of hydrogen-bond donors (Lipinski definition) is 1. The normalized spacial score (nSPS) is 31.2. The molecule has 2 heteroatoms. The van der Waals surface area contributed by atoms with Crippen LogP contribution in [-0.4, -0.2) is 37.1 Å². The van der Waals surface area contributed by atoms with Crippen LogP contribution < -0.4 is 5.32 Å². The molecule has 2 aliphatic carbocycles. The van der Waals surface area contributed by atoms with Gasteiger partial charge in [0.2, 0.25) is 0 Å². The Morgan fingerprint density at radius 1 is 1.20 bits per heavy atom. The van der Waals surface area contributed by atoms with Crippen molar-refractivity contribution in [3.8, 4) is 0 Å². The van der Waals surface area contributed by atoms with Crippen molar-refractivity contribution >= 4 is 0 Å². The van der Waals surface area contributed by atoms with Gasteiger partial charge in [-0.25, -0.2) is 0 Å². The molecule has 0 amide bonds. The number of nitrogens with one attached hydrogen (secondary N) is 1. The van der Waals surface area contributed by atoms with Crippen LogP contribution in [0.2, 0.25) is 0 Å². The van der Waals surface area contributed by atoms with Crippen LogP contribution in [0.4, 0.5) is 0 Å². The van der Waals surface area contributed by atoms with E-state index in [4.69, 9.17) is 0 Å². The van der Waals surface area contributed by atoms with E-state index in [0.717, 1.165) is 18.0 Å². The Balaban J connectivity index is 1.96. The summed E-state index contributed by atoms with van der Waals surface area (Å²) in [7, 11) is 2.36. The molecule has 0 aromatic carbocycles. The van der Waals surface area contributed by atoms with Gasteiger partial charge in [0.15, 0.2) is 0 Å². The van der Waals surface area contributed by atoms with Gasteiger partial charge in [0.05, 0.1) is 0 Å². The minimum absolute atomic E-state index is 0.539. The van der Waals surface area contributed by atoms with Crippen molar-refractivity contribution in [1.29, 1.82) is 0 Å². The molecule has 2 fully saturated rings. The van der Waals surface area contributed by atoms with E-state index in [0.29, 0.717) is 5.41 Å². The molecule has 1 N–H and O–H groups in total. The fourth-order valence-corrected chi connectivity index (χ4v) is 4.35. The quantitative estimate of drug-likeness (QED) is 0.721. The van der Waals surface area contributed by atoms with Crippen LogP contribution in [0.3, 0.4) is 0 Å². The fourth-order valence-electron chi connectivity index (χ4n) is 4.35. The Morgan fingerprint density at radius 2 is 1.90 bits per heavy atom. The number of nitrogens with zero attached hydrogens (tertiary/aromatic N) is 1. The predicted molar refractivity (Wildman–Crippen MR) is 88.1 cm³/mol. The average Bonchev–Trinajstić information content (AvgIpc) is 3.22. The highest BCUT2D eigenvalue weighted by Gasteiger charge is 2.37. The van der Waals surface area contributed by atoms with Crippen molar-refractivity contribution in [2.24, 2.45) is 11.3 Å². The Hall–Kier alpha value is -0.0800. The second kappa shape index (κ2) is 7.26. The van der Waals surface area contributed by atoms with E-state index in [2.05, 4.69) is 38.0 Å². The SMILES string of the molecule is CCC(CC)N(C)CC1(CNC2CC2)CCCC(C)C1. The average molecular weight is 280 g/mol. The van der Waals surface area contributed by atoms with E-state index in [-0.39, 0.29) is 0 Å². The highest BCUT2D eigenvalue weighted by Crippen LogP contribution is 2.40. The van der Waals surface area contributed by atoms with Crippen LogP contribution in [0.5, 0.6) is 0 Å². The summed E-state index contributed by atoms with van der Waals surface area (Å²) >= 11 is 0. The van der Waals surface area contributed by atoms with Crippen LogP contribution in [0, 0.1) is 11.3 Å². The van der Waals surface area contributed by atoms with Crippen molar-refractivity contribution < 1.29 is 0 Å². The molecule has 2 atom stereocenters. The monoisotopic (exact) mass is 280 g/mol. The third kappa shape index (κ3) is 4.46. The molecule has 20 heavy (non-hydrogen) atoms. The van der Waals surface area contributed by atoms with Crippen molar-refractivity contribution in [1.82, 2.24) is 10.2 Å². The molecule has 0 aromatic heterocycles. The zero-order valence-corrected chi connectivity index (χ0v) is 14.3. The van der Waals surface area contributed by atoms with E-state index in [1.54, 1.807) is 0 Å². The summed E-state index contributed by atoms with van der Waals surface area (Å²) in [4.78, 5) is 2.66. The first kappa shape index (κ1) is 16.3. The molecule has 0 spiro atoms. The minimum atomic E-state index is 0.539. The third-order valence-corrected chi connectivity index (χ3v) is 5.68. The maximum Gasteiger partial charge on any atom is 0.00872 e. The predicted octanol–water partition coefficient (Wildman–Crippen LogP) is 4.06. The number of rotatable bonds is 8. The lowest BCUT2D eigenvalue weighted by molar-refractivity contribution is 0.0699. The van der Waals surface area contributed by atoms with Gasteiger partial charge in [-0.15, -0.1) is 0 Å². The summed E-state index contributed by atoms with van der Waals surface area (Å²) in [5, 5.41) is 3.84. The molecular weight excluding hydrogens is 244 g/mol. The summed E-state index contributed by atoms with van der Waals surface area (Å²) in [5.41, 5.74) is 0.539. The second-order valence-electron chi connectivity index (χ2n) is 7.74. The molecule has 2 rings (SSSR count). The van der Waals surface area contributed by atoms with Crippen LogP contribution in [0.15, 0.2) is 0 Å². The second-order valence-corrected chi connectivity index (χ2v) is 7.74. The smallest absolute Gasteiger partial charge is 0.00872 e. The Morgan fingerprint density at radius 3 is 2.45 bits per heavy atom. The molecule has 2 nitrogen and oxygen atoms in total. The standard InChI is InChI=1S/C18H36N2/c1-5-17(6-2)20(4)14-18(13-19-16-9-10-16)11-7-8-15(3)12-18/h15-17,19H,5-14H2,1-4H3. The van der Waals surface area contributed by atoms with Crippen molar-refractivity contribution in [2.45, 2.75) is 84.2 Å². The molecule has 0 radical (unpaired) electrons. The Kier molecular flexibility index (Phi) is 5.92. The third-order valence-electron chi connectivity index (χ3n) is 5.68. The molecule has 2 saturated carbocycles. The maximum absolute atomic E-state index is 3.84. The molecule has 0 saturated heterocycles. The summed E-state index contributed by atoms with van der Waals surface area (Å²) < 4.78 is 0. The van der Waals surface area contributed by atoms with Crippen LogP contribution in [-0.2, 0) is 0 Å². The van der Waals surface area contributed by atoms with Gasteiger partial charge in [0, 0.05) is 25.2 Å². The number of hydrogen-bond acceptors (Lipinski definition) is 2. The van der Waals surface area contributed by atoms with Crippen LogP contribution >= 0.6 is 0 Å². The van der Waals surface area contributed by atoms with Gasteiger partial charge in [0.1, 0.15) is 0 Å². The molecule has 118 valence electrons. The first-order chi connectivity index (χ1) is 9.58. The highest BCUT2D eigenvalue weighted by molar-refractivity contribution is 4.93. The first-order valence-electron chi connectivity index (χ1n) is 9.02. The van der Waals surface area contributed by atoms with E-state index < -0.39 is 0 Å². The summed E-state index contributed by atoms with van der Waals surface area (Å²) in [6.45, 7) is 9.69. The topological polar surface area (TPSA) is 15.3 Å². The van der Waals surface area contributed by atoms with Crippen molar-refractivity contribution in [3.63, 3.8) is 0 Å². The Bertz CT molecular complexity index is 283. The molecule has 2 aliphatic rings. The lowest BCUT2D eigenvalue weighted by Gasteiger charge is -2.44. The highest BCUT2D eigenvalue weighted by atomic mass is 15.1. The van der Waals surface area contributed by atoms with E-state index in [9.17, 15) is 0 Å². The summed E-state index contributed by atoms with van der Waals surface area (Å²) in [6, 6.07) is 1.62. The van der Waals surface area contributed by atoms with Crippen molar-refractivity contribution in [3.05, 3.63) is 0 Å². The van der Waals surface area contributed by atoms with Gasteiger partial charge >= 0.3 is 0 Å². The minimum Gasteiger partial charge on any atom is -0.313 e. The van der Waals surface area contributed by atoms with E-state index >= 15 is 0 Å². The summed E-state index contributed by atoms with van der Waals surface area (Å²) in [5.74, 6) is 0.917. The molecule has 2 unspecified atom stereocenters. The van der Waals surface area contributed by atoms with Crippen molar-refractivity contribution in [2.75, 3.05) is 20.1 Å². The zero-order chi connectivity index (χ0) is 14.6.